The molecule has 0 fully saturated rings. The summed E-state index contributed by atoms with van der Waals surface area (Å²) in [6.07, 6.45) is 0. The van der Waals surface area contributed by atoms with Gasteiger partial charge in [0.15, 0.2) is 0 Å². The Kier molecular flexibility index (Phi) is 10.9. The Morgan fingerprint density at radius 1 is 1.50 bits per heavy atom. The molecule has 0 aromatic rings. The van der Waals surface area contributed by atoms with Gasteiger partial charge in [-0.15, -0.1) is 0 Å². The van der Waals surface area contributed by atoms with Crippen LogP contribution in [-0.2, 0) is 4.52 Å². The Bertz CT molecular complexity index is 24.8. The Morgan fingerprint density at radius 2 is 1.67 bits per heavy atom. The Morgan fingerprint density at radius 3 is 1.67 bits per heavy atom. The number of hydrogen-bond donors (Lipinski definition) is 0. The van der Waals surface area contributed by atoms with Gasteiger partial charge in [-0.2, -0.15) is 8.60 Å². The van der Waals surface area contributed by atoms with Gasteiger partial charge in [0, 0.05) is 7.11 Å². The van der Waals surface area contributed by atoms with Crippen LogP contribution >= 0.6 is 8.60 Å². The molecule has 5 heteroatoms. The van der Waals surface area contributed by atoms with E-state index in [9.17, 15) is 9.79 Å². The van der Waals surface area contributed by atoms with Gasteiger partial charge in [0.05, 0.1) is 0 Å². The van der Waals surface area contributed by atoms with Crippen molar-refractivity contribution in [1.29, 1.82) is 0 Å². The van der Waals surface area contributed by atoms with Crippen molar-refractivity contribution in [2.45, 2.75) is 0 Å². The minimum Gasteiger partial charge on any atom is -0.820 e. The smallest absolute Gasteiger partial charge is 0.820 e. The molecule has 0 aliphatic rings. The normalized spacial score (nSPS) is 8.00. The second-order valence-corrected chi connectivity index (χ2v) is 1.22. The van der Waals surface area contributed by atoms with Crippen LogP contribution in [0.4, 0.5) is 0 Å². The van der Waals surface area contributed by atoms with E-state index in [0.29, 0.717) is 0 Å². The second-order valence-electron chi connectivity index (χ2n) is 0.406. The fourth-order valence-electron chi connectivity index (χ4n) is 0. The third-order valence-electron chi connectivity index (χ3n) is 0.149. The van der Waals surface area contributed by atoms with Gasteiger partial charge in [0.1, 0.15) is 0 Å². The SMILES string of the molecule is COP([O-])[O-].[Na+]. The van der Waals surface area contributed by atoms with Gasteiger partial charge in [-0.05, 0) is 0 Å². The molecule has 0 rings (SSSR count). The zero-order chi connectivity index (χ0) is 4.28. The van der Waals surface area contributed by atoms with Gasteiger partial charge >= 0.3 is 29.6 Å². The van der Waals surface area contributed by atoms with Crippen molar-refractivity contribution in [2.75, 3.05) is 7.11 Å². The summed E-state index contributed by atoms with van der Waals surface area (Å²) in [4.78, 5) is 18.4. The van der Waals surface area contributed by atoms with E-state index < -0.39 is 8.60 Å². The number of hydrogen-bond acceptors (Lipinski definition) is 3. The molecule has 0 aromatic heterocycles. The van der Waals surface area contributed by atoms with Crippen LogP contribution in [0.5, 0.6) is 0 Å². The van der Waals surface area contributed by atoms with Crippen LogP contribution in [0.25, 0.3) is 0 Å². The quantitative estimate of drug-likeness (QED) is 0.257. The van der Waals surface area contributed by atoms with Crippen LogP contribution < -0.4 is 39.3 Å². The summed E-state index contributed by atoms with van der Waals surface area (Å²) in [5, 5.41) is 0. The van der Waals surface area contributed by atoms with E-state index >= 15 is 0 Å². The molecule has 0 unspecified atom stereocenters. The maximum atomic E-state index is 9.18. The van der Waals surface area contributed by atoms with E-state index in [1.807, 2.05) is 0 Å². The van der Waals surface area contributed by atoms with E-state index in [0.717, 1.165) is 7.11 Å². The molecule has 0 saturated heterocycles. The molecule has 0 spiro atoms. The van der Waals surface area contributed by atoms with Gasteiger partial charge in [0.2, 0.25) is 0 Å². The van der Waals surface area contributed by atoms with Crippen molar-refractivity contribution in [1.82, 2.24) is 0 Å². The summed E-state index contributed by atoms with van der Waals surface area (Å²) in [7, 11) is -1.50. The fraction of sp³-hybridized carbons (Fsp3) is 1.00. The number of rotatable bonds is 1. The van der Waals surface area contributed by atoms with E-state index in [2.05, 4.69) is 4.52 Å². The monoisotopic (exact) mass is 117 g/mol. The second kappa shape index (κ2) is 6.31. The Balaban J connectivity index is 0. The van der Waals surface area contributed by atoms with Crippen LogP contribution in [0.2, 0.25) is 0 Å². The molecule has 0 aliphatic heterocycles. The molecular formula is CH3NaO3P-. The third kappa shape index (κ3) is 9.00. The first-order valence-corrected chi connectivity index (χ1v) is 2.05. The molecule has 0 heterocycles. The van der Waals surface area contributed by atoms with E-state index in [-0.39, 0.29) is 29.6 Å². The van der Waals surface area contributed by atoms with Crippen LogP contribution in [-0.4, -0.2) is 7.11 Å². The van der Waals surface area contributed by atoms with Gasteiger partial charge in [-0.25, -0.2) is 0 Å². The summed E-state index contributed by atoms with van der Waals surface area (Å²) >= 11 is 0. The standard InChI is InChI=1S/CH3O3P.Na/c1-4-5(2)3;/h1H3;/q-2;+1. The van der Waals surface area contributed by atoms with Crippen molar-refractivity contribution in [3.8, 4) is 0 Å². The van der Waals surface area contributed by atoms with Crippen LogP contribution in [0.1, 0.15) is 0 Å². The molecule has 3 nitrogen and oxygen atoms in total. The largest absolute Gasteiger partial charge is 1.00 e. The summed E-state index contributed by atoms with van der Waals surface area (Å²) in [6, 6.07) is 0. The summed E-state index contributed by atoms with van der Waals surface area (Å²) < 4.78 is 3.70. The van der Waals surface area contributed by atoms with Crippen molar-refractivity contribution < 1.29 is 43.9 Å². The van der Waals surface area contributed by atoms with Gasteiger partial charge in [-0.1, -0.05) is 0 Å². The maximum absolute atomic E-state index is 9.18. The Labute approximate surface area is 59.6 Å². The third-order valence-corrected chi connectivity index (χ3v) is 0.447. The zero-order valence-electron chi connectivity index (χ0n) is 3.67. The molecule has 0 aromatic carbocycles. The Hall–Kier alpha value is 1.31. The van der Waals surface area contributed by atoms with Crippen LogP contribution in [0.15, 0.2) is 0 Å². The van der Waals surface area contributed by atoms with Crippen molar-refractivity contribution >= 4 is 8.60 Å². The predicted molar refractivity (Wildman–Crippen MR) is 13.9 cm³/mol. The summed E-state index contributed by atoms with van der Waals surface area (Å²) in [5.41, 5.74) is 0. The molecule has 0 atom stereocenters. The molecule has 32 valence electrons. The van der Waals surface area contributed by atoms with Gasteiger partial charge < -0.3 is 14.3 Å². The molecule has 0 saturated carbocycles. The van der Waals surface area contributed by atoms with Crippen molar-refractivity contribution in [3.05, 3.63) is 0 Å². The molecule has 0 aliphatic carbocycles. The minimum absolute atomic E-state index is 0. The molecule has 0 radical (unpaired) electrons. The molecule has 0 N–H and O–H groups in total. The molecule has 0 bridgehead atoms. The van der Waals surface area contributed by atoms with Crippen molar-refractivity contribution in [3.63, 3.8) is 0 Å². The molecule has 6 heavy (non-hydrogen) atoms. The predicted octanol–water partition coefficient (Wildman–Crippen LogP) is -4.42. The molecule has 0 amide bonds. The first kappa shape index (κ1) is 10.3. The van der Waals surface area contributed by atoms with Crippen LogP contribution in [0.3, 0.4) is 0 Å². The first-order chi connectivity index (χ1) is 2.27. The van der Waals surface area contributed by atoms with Gasteiger partial charge in [-0.3, -0.25) is 0 Å². The first-order valence-electron chi connectivity index (χ1n) is 0.956. The summed E-state index contributed by atoms with van der Waals surface area (Å²) in [5.74, 6) is 0. The fourth-order valence-corrected chi connectivity index (χ4v) is 0. The van der Waals surface area contributed by atoms with E-state index in [4.69, 9.17) is 0 Å². The average Bonchev–Trinajstić information content (AvgIpc) is 1.38. The average molecular weight is 117 g/mol. The summed E-state index contributed by atoms with van der Waals surface area (Å²) in [6.45, 7) is 0. The van der Waals surface area contributed by atoms with Crippen LogP contribution in [0, 0.1) is 0 Å². The minimum atomic E-state index is -2.60. The van der Waals surface area contributed by atoms with E-state index in [1.54, 1.807) is 0 Å². The zero-order valence-corrected chi connectivity index (χ0v) is 6.57. The topological polar surface area (TPSA) is 55.3 Å². The molecular weight excluding hydrogens is 114 g/mol. The van der Waals surface area contributed by atoms with Crippen molar-refractivity contribution in [2.24, 2.45) is 0 Å². The maximum Gasteiger partial charge on any atom is 1.00 e. The van der Waals surface area contributed by atoms with E-state index in [1.165, 1.54) is 0 Å². The van der Waals surface area contributed by atoms with Gasteiger partial charge in [0.25, 0.3) is 0 Å².